The van der Waals surface area contributed by atoms with Crippen molar-refractivity contribution >= 4 is 17.3 Å². The Labute approximate surface area is 142 Å². The molecular formula is C19H22N2O3. The van der Waals surface area contributed by atoms with Crippen molar-refractivity contribution in [3.8, 4) is 11.5 Å². The van der Waals surface area contributed by atoms with E-state index >= 15 is 0 Å². The predicted octanol–water partition coefficient (Wildman–Crippen LogP) is 3.44. The molecule has 5 nitrogen and oxygen atoms in total. The molecule has 2 aromatic rings. The van der Waals surface area contributed by atoms with Crippen molar-refractivity contribution in [2.45, 2.75) is 20.3 Å². The first-order valence-electron chi connectivity index (χ1n) is 8.23. The van der Waals surface area contributed by atoms with Crippen LogP contribution in [0.15, 0.2) is 42.5 Å². The summed E-state index contributed by atoms with van der Waals surface area (Å²) in [6.07, 6.45) is 0.300. The van der Waals surface area contributed by atoms with Gasteiger partial charge in [-0.3, -0.25) is 4.79 Å². The lowest BCUT2D eigenvalue weighted by Crippen LogP contribution is -2.21. The fourth-order valence-corrected chi connectivity index (χ4v) is 2.79. The highest BCUT2D eigenvalue weighted by molar-refractivity contribution is 5.92. The molecule has 1 heterocycles. The average Bonchev–Trinajstić information content (AvgIpc) is 3.05. The van der Waals surface area contributed by atoms with E-state index in [-0.39, 0.29) is 12.7 Å². The Bertz CT molecular complexity index is 709. The normalized spacial score (nSPS) is 12.1. The van der Waals surface area contributed by atoms with Crippen LogP contribution < -0.4 is 19.7 Å². The number of nitrogens with one attached hydrogen (secondary N) is 1. The van der Waals surface area contributed by atoms with Crippen molar-refractivity contribution in [3.63, 3.8) is 0 Å². The van der Waals surface area contributed by atoms with E-state index in [0.717, 1.165) is 35.8 Å². The average molecular weight is 326 g/mol. The predicted molar refractivity (Wildman–Crippen MR) is 94.9 cm³/mol. The van der Waals surface area contributed by atoms with Gasteiger partial charge in [-0.1, -0.05) is 6.07 Å². The smallest absolute Gasteiger partial charge is 0.231 e. The number of benzene rings is 2. The van der Waals surface area contributed by atoms with Crippen molar-refractivity contribution in [2.75, 3.05) is 30.1 Å². The van der Waals surface area contributed by atoms with E-state index in [2.05, 4.69) is 24.1 Å². The van der Waals surface area contributed by atoms with Crippen LogP contribution in [0.25, 0.3) is 0 Å². The lowest BCUT2D eigenvalue weighted by molar-refractivity contribution is -0.115. The van der Waals surface area contributed by atoms with Crippen molar-refractivity contribution in [1.82, 2.24) is 0 Å². The molecule has 0 unspecified atom stereocenters. The molecule has 0 spiro atoms. The summed E-state index contributed by atoms with van der Waals surface area (Å²) >= 11 is 0. The van der Waals surface area contributed by atoms with Gasteiger partial charge in [0.15, 0.2) is 11.5 Å². The SMILES string of the molecule is CCN(CC)c1ccc(NC(=O)Cc2ccc3c(c2)OCO3)cc1. The van der Waals surface area contributed by atoms with Crippen LogP contribution in [-0.4, -0.2) is 25.8 Å². The molecule has 5 heteroatoms. The van der Waals surface area contributed by atoms with E-state index in [1.165, 1.54) is 0 Å². The minimum absolute atomic E-state index is 0.0514. The Morgan fingerprint density at radius 1 is 1.04 bits per heavy atom. The molecule has 3 rings (SSSR count). The molecule has 0 saturated carbocycles. The fraction of sp³-hybridized carbons (Fsp3) is 0.316. The zero-order valence-electron chi connectivity index (χ0n) is 14.0. The monoisotopic (exact) mass is 326 g/mol. The summed E-state index contributed by atoms with van der Waals surface area (Å²) in [5, 5.41) is 2.93. The molecule has 24 heavy (non-hydrogen) atoms. The highest BCUT2D eigenvalue weighted by atomic mass is 16.7. The molecule has 0 fully saturated rings. The summed E-state index contributed by atoms with van der Waals surface area (Å²) in [5.41, 5.74) is 2.86. The Kier molecular flexibility index (Phi) is 4.89. The zero-order valence-corrected chi connectivity index (χ0v) is 14.0. The molecule has 0 aliphatic carbocycles. The molecule has 126 valence electrons. The van der Waals surface area contributed by atoms with E-state index in [1.807, 2.05) is 42.5 Å². The maximum atomic E-state index is 12.2. The van der Waals surface area contributed by atoms with Gasteiger partial charge in [0.2, 0.25) is 12.7 Å². The van der Waals surface area contributed by atoms with E-state index in [9.17, 15) is 4.79 Å². The molecule has 0 bridgehead atoms. The molecule has 2 aromatic carbocycles. The van der Waals surface area contributed by atoms with Gasteiger partial charge in [-0.15, -0.1) is 0 Å². The number of rotatable bonds is 6. The maximum Gasteiger partial charge on any atom is 0.231 e. The molecule has 1 N–H and O–H groups in total. The van der Waals surface area contributed by atoms with Gasteiger partial charge in [0.1, 0.15) is 0 Å². The second kappa shape index (κ2) is 7.25. The van der Waals surface area contributed by atoms with Gasteiger partial charge < -0.3 is 19.7 Å². The van der Waals surface area contributed by atoms with Crippen LogP contribution in [0.4, 0.5) is 11.4 Å². The van der Waals surface area contributed by atoms with Crippen LogP contribution in [0.1, 0.15) is 19.4 Å². The third kappa shape index (κ3) is 3.62. The molecule has 0 atom stereocenters. The summed E-state index contributed by atoms with van der Waals surface area (Å²) in [7, 11) is 0. The first-order valence-corrected chi connectivity index (χ1v) is 8.23. The van der Waals surface area contributed by atoms with Gasteiger partial charge in [0, 0.05) is 24.5 Å². The standard InChI is InChI=1S/C19H22N2O3/c1-3-21(4-2)16-8-6-15(7-9-16)20-19(22)12-14-5-10-17-18(11-14)24-13-23-17/h5-11H,3-4,12-13H2,1-2H3,(H,20,22). The van der Waals surface area contributed by atoms with Crippen LogP contribution in [0.2, 0.25) is 0 Å². The third-order valence-electron chi connectivity index (χ3n) is 4.08. The number of carbonyl (C=O) groups is 1. The number of ether oxygens (including phenoxy) is 2. The summed E-state index contributed by atoms with van der Waals surface area (Å²) in [5.74, 6) is 1.37. The Hall–Kier alpha value is -2.69. The number of carbonyl (C=O) groups excluding carboxylic acids is 1. The van der Waals surface area contributed by atoms with Crippen LogP contribution >= 0.6 is 0 Å². The van der Waals surface area contributed by atoms with Gasteiger partial charge in [-0.05, 0) is 55.8 Å². The van der Waals surface area contributed by atoms with Crippen LogP contribution in [0.5, 0.6) is 11.5 Å². The summed E-state index contributed by atoms with van der Waals surface area (Å²) in [4.78, 5) is 14.5. The summed E-state index contributed by atoms with van der Waals surface area (Å²) in [6.45, 7) is 6.43. The van der Waals surface area contributed by atoms with Gasteiger partial charge in [0.25, 0.3) is 0 Å². The minimum atomic E-state index is -0.0514. The van der Waals surface area contributed by atoms with Crippen LogP contribution in [0, 0.1) is 0 Å². The number of amides is 1. The lowest BCUT2D eigenvalue weighted by atomic mass is 10.1. The second-order valence-electron chi connectivity index (χ2n) is 5.63. The Morgan fingerprint density at radius 3 is 2.46 bits per heavy atom. The van der Waals surface area contributed by atoms with Crippen LogP contribution in [-0.2, 0) is 11.2 Å². The van der Waals surface area contributed by atoms with Crippen LogP contribution in [0.3, 0.4) is 0 Å². The number of hydrogen-bond donors (Lipinski definition) is 1. The lowest BCUT2D eigenvalue weighted by Gasteiger charge is -2.21. The third-order valence-corrected chi connectivity index (χ3v) is 4.08. The van der Waals surface area contributed by atoms with Gasteiger partial charge in [-0.25, -0.2) is 0 Å². The quantitative estimate of drug-likeness (QED) is 0.883. The second-order valence-corrected chi connectivity index (χ2v) is 5.63. The summed E-state index contributed by atoms with van der Waals surface area (Å²) in [6, 6.07) is 13.5. The topological polar surface area (TPSA) is 50.8 Å². The number of hydrogen-bond acceptors (Lipinski definition) is 4. The Balaban J connectivity index is 1.60. The van der Waals surface area contributed by atoms with Crippen molar-refractivity contribution in [1.29, 1.82) is 0 Å². The summed E-state index contributed by atoms with van der Waals surface area (Å²) < 4.78 is 10.6. The van der Waals surface area contributed by atoms with E-state index in [1.54, 1.807) is 0 Å². The van der Waals surface area contributed by atoms with E-state index in [4.69, 9.17) is 9.47 Å². The molecule has 1 amide bonds. The van der Waals surface area contributed by atoms with Crippen molar-refractivity contribution in [3.05, 3.63) is 48.0 Å². The fourth-order valence-electron chi connectivity index (χ4n) is 2.79. The minimum Gasteiger partial charge on any atom is -0.454 e. The van der Waals surface area contributed by atoms with Gasteiger partial charge in [0.05, 0.1) is 6.42 Å². The molecule has 0 aromatic heterocycles. The number of fused-ring (bicyclic) bond motifs is 1. The maximum absolute atomic E-state index is 12.2. The van der Waals surface area contributed by atoms with E-state index < -0.39 is 0 Å². The molecule has 1 aliphatic rings. The molecular weight excluding hydrogens is 304 g/mol. The van der Waals surface area contributed by atoms with E-state index in [0.29, 0.717) is 12.2 Å². The van der Waals surface area contributed by atoms with Crippen molar-refractivity contribution < 1.29 is 14.3 Å². The number of anilines is 2. The zero-order chi connectivity index (χ0) is 16.9. The van der Waals surface area contributed by atoms with Gasteiger partial charge >= 0.3 is 0 Å². The van der Waals surface area contributed by atoms with Gasteiger partial charge in [-0.2, -0.15) is 0 Å². The number of nitrogens with zero attached hydrogens (tertiary/aromatic N) is 1. The molecule has 1 aliphatic heterocycles. The molecule has 0 saturated heterocycles. The largest absolute Gasteiger partial charge is 0.454 e. The first-order chi connectivity index (χ1) is 11.7. The Morgan fingerprint density at radius 2 is 1.75 bits per heavy atom. The molecule has 0 radical (unpaired) electrons. The highest BCUT2D eigenvalue weighted by Crippen LogP contribution is 2.32. The first kappa shape index (κ1) is 16.2. The highest BCUT2D eigenvalue weighted by Gasteiger charge is 2.14. The van der Waals surface area contributed by atoms with Crippen molar-refractivity contribution in [2.24, 2.45) is 0 Å².